The Kier molecular flexibility index (Phi) is 9.61. The number of methoxy groups -OCH3 is 1. The zero-order valence-corrected chi connectivity index (χ0v) is 30.6. The van der Waals surface area contributed by atoms with Gasteiger partial charge < -0.3 is 14.0 Å². The quantitative estimate of drug-likeness (QED) is 0.114. The third-order valence-corrected chi connectivity index (χ3v) is 13.6. The number of hydrogen-bond donors (Lipinski definition) is 0. The fraction of sp³-hybridized carbons (Fsp3) is 0.412. The Morgan fingerprint density at radius 2 is 1.90 bits per heavy atom. The van der Waals surface area contributed by atoms with Crippen molar-refractivity contribution in [2.24, 2.45) is 0 Å². The number of hydrogen-bond acceptors (Lipinski definition) is 7. The van der Waals surface area contributed by atoms with Crippen LogP contribution in [0, 0.1) is 18.3 Å². The summed E-state index contributed by atoms with van der Waals surface area (Å²) in [5, 5.41) is 9.65. The molecule has 0 N–H and O–H groups in total. The Morgan fingerprint density at radius 3 is 2.52 bits per heavy atom. The van der Waals surface area contributed by atoms with Crippen LogP contribution in [0.4, 0.5) is 13.2 Å². The molecule has 0 saturated carbocycles. The Labute approximate surface area is 284 Å². The third-order valence-electron chi connectivity index (χ3n) is 8.85. The van der Waals surface area contributed by atoms with Crippen LogP contribution in [0.15, 0.2) is 65.7 Å². The number of aryl methyl sites for hydroxylation is 1. The van der Waals surface area contributed by atoms with Crippen molar-refractivity contribution >= 4 is 51.8 Å². The fourth-order valence-corrected chi connectivity index (χ4v) is 9.27. The highest BCUT2D eigenvalue weighted by molar-refractivity contribution is 8.02. The van der Waals surface area contributed by atoms with E-state index in [-0.39, 0.29) is 46.2 Å². The molecule has 2 aromatic carbocycles. The minimum Gasteiger partial charge on any atom is -0.361 e. The summed E-state index contributed by atoms with van der Waals surface area (Å²) in [6.45, 7) is 9.85. The highest BCUT2D eigenvalue weighted by Gasteiger charge is 2.62. The van der Waals surface area contributed by atoms with Crippen molar-refractivity contribution in [3.05, 3.63) is 88.2 Å². The molecule has 14 heteroatoms. The average Bonchev–Trinajstić information content (AvgIpc) is 3.63. The number of ether oxygens (including phenoxy) is 2. The van der Waals surface area contributed by atoms with Gasteiger partial charge in [0.25, 0.3) is 0 Å². The van der Waals surface area contributed by atoms with Crippen LogP contribution in [0.1, 0.15) is 35.9 Å². The minimum atomic E-state index is -5.07. The molecule has 0 radical (unpaired) electrons. The second kappa shape index (κ2) is 12.8. The van der Waals surface area contributed by atoms with Crippen molar-refractivity contribution in [1.29, 1.82) is 5.26 Å². The Hall–Kier alpha value is -3.35. The zero-order chi connectivity index (χ0) is 35.3. The van der Waals surface area contributed by atoms with Gasteiger partial charge in [-0.3, -0.25) is 0 Å². The summed E-state index contributed by atoms with van der Waals surface area (Å²) in [6, 6.07) is 11.5. The van der Waals surface area contributed by atoms with Crippen LogP contribution in [-0.2, 0) is 31.8 Å². The predicted octanol–water partition coefficient (Wildman–Crippen LogP) is 8.08. The molecular weight excluding hydrogens is 678 g/mol. The number of allylic oxidation sites excluding steroid dienone is 2. The maximum absolute atomic E-state index is 15.8. The van der Waals surface area contributed by atoms with Gasteiger partial charge in [-0.25, -0.2) is 17.4 Å². The van der Waals surface area contributed by atoms with E-state index in [9.17, 15) is 13.7 Å². The lowest BCUT2D eigenvalue weighted by molar-refractivity contribution is -0.262. The molecule has 4 aromatic rings. The van der Waals surface area contributed by atoms with Gasteiger partial charge in [0.1, 0.15) is 11.5 Å². The molecule has 256 valence electrons. The highest BCUT2D eigenvalue weighted by atomic mass is 32.2. The molecule has 8 nitrogen and oxygen atoms in total. The number of imidazole rings is 1. The lowest BCUT2D eigenvalue weighted by atomic mass is 9.88. The predicted molar refractivity (Wildman–Crippen MR) is 187 cm³/mol. The van der Waals surface area contributed by atoms with Crippen LogP contribution in [0.25, 0.3) is 21.9 Å². The summed E-state index contributed by atoms with van der Waals surface area (Å²) in [7, 11) is -4.71. The first-order valence-electron chi connectivity index (χ1n) is 15.3. The van der Waals surface area contributed by atoms with Crippen molar-refractivity contribution < 1.29 is 31.1 Å². The number of thioether (sulfide) groups is 1. The van der Waals surface area contributed by atoms with Crippen LogP contribution >= 0.6 is 11.8 Å². The summed E-state index contributed by atoms with van der Waals surface area (Å²) in [6.07, 6.45) is 3.63. The molecule has 1 aliphatic rings. The van der Waals surface area contributed by atoms with E-state index >= 15 is 13.2 Å². The first kappa shape index (κ1) is 35.9. The molecule has 0 bridgehead atoms. The Bertz CT molecular complexity index is 2090. The summed E-state index contributed by atoms with van der Waals surface area (Å²) < 4.78 is 88.7. The van der Waals surface area contributed by atoms with Crippen molar-refractivity contribution in [2.75, 3.05) is 20.0 Å². The second-order valence-corrected chi connectivity index (χ2v) is 22.2. The molecule has 2 unspecified atom stereocenters. The molecule has 2 atom stereocenters. The van der Waals surface area contributed by atoms with Crippen LogP contribution < -0.4 is 0 Å². The summed E-state index contributed by atoms with van der Waals surface area (Å²) in [5.74, 6) is -0.492. The van der Waals surface area contributed by atoms with Gasteiger partial charge in [-0.1, -0.05) is 43.9 Å². The smallest absolute Gasteiger partial charge is 0.361 e. The number of benzene rings is 2. The van der Waals surface area contributed by atoms with Gasteiger partial charge in [0, 0.05) is 43.8 Å². The lowest BCUT2D eigenvalue weighted by Gasteiger charge is -2.35. The standard InChI is InChI=1S/C34H39F3N4O4S2Si/c1-23-10-12-27(26-14-16-41(30(23)26)47(42,43)32(2)15-8-9-25(20-32)46-4)33(44-3,34(35,36)37)31-39-28-13-11-24(21-38)19-29(28)40(31)22-45-17-18-48(5,6)7/h8-14,16,19-20H,15,17-18,22H2,1-7H3. The number of nitriles is 1. The molecule has 2 aromatic heterocycles. The van der Waals surface area contributed by atoms with E-state index in [1.54, 1.807) is 26.0 Å². The summed E-state index contributed by atoms with van der Waals surface area (Å²) in [4.78, 5) is 5.26. The lowest BCUT2D eigenvalue weighted by Crippen LogP contribution is -2.47. The monoisotopic (exact) mass is 716 g/mol. The maximum atomic E-state index is 15.8. The topological polar surface area (TPSA) is 99.1 Å². The normalized spacial score (nSPS) is 18.6. The largest absolute Gasteiger partial charge is 0.429 e. The van der Waals surface area contributed by atoms with Crippen molar-refractivity contribution in [2.45, 2.75) is 69.2 Å². The van der Waals surface area contributed by atoms with Gasteiger partial charge in [-0.2, -0.15) is 18.4 Å². The highest BCUT2D eigenvalue weighted by Crippen LogP contribution is 2.50. The summed E-state index contributed by atoms with van der Waals surface area (Å²) in [5.41, 5.74) is -2.12. The molecule has 0 spiro atoms. The SMILES string of the molecule is COC(c1ccc(C)c2c1ccn2S(=O)(=O)C1(C)C=C(SC)C=CC1)(c1nc2ccc(C#N)cc2n1COCC[Si](C)(C)C)C(F)(F)F. The van der Waals surface area contributed by atoms with Crippen LogP contribution in [0.2, 0.25) is 25.7 Å². The van der Waals surface area contributed by atoms with E-state index in [1.165, 1.54) is 58.9 Å². The van der Waals surface area contributed by atoms with Crippen molar-refractivity contribution in [1.82, 2.24) is 13.5 Å². The molecule has 1 aliphatic carbocycles. The number of halogens is 3. The summed E-state index contributed by atoms with van der Waals surface area (Å²) >= 11 is 1.41. The minimum absolute atomic E-state index is 0.0535. The molecule has 48 heavy (non-hydrogen) atoms. The second-order valence-electron chi connectivity index (χ2n) is 13.4. The third kappa shape index (κ3) is 6.04. The molecule has 0 fully saturated rings. The van der Waals surface area contributed by atoms with Gasteiger partial charge in [0.05, 0.1) is 28.2 Å². The van der Waals surface area contributed by atoms with E-state index in [2.05, 4.69) is 24.6 Å². The molecule has 5 rings (SSSR count). The number of alkyl halides is 3. The number of nitrogens with zero attached hydrogens (tertiary/aromatic N) is 4. The van der Waals surface area contributed by atoms with Gasteiger partial charge in [-0.15, -0.1) is 11.8 Å². The van der Waals surface area contributed by atoms with Crippen LogP contribution in [-0.4, -0.2) is 60.9 Å². The molecule has 0 amide bonds. The van der Waals surface area contributed by atoms with E-state index in [0.717, 1.165) is 22.0 Å². The average molecular weight is 717 g/mol. The number of aromatic nitrogens is 3. The number of fused-ring (bicyclic) bond motifs is 2. The van der Waals surface area contributed by atoms with Gasteiger partial charge in [0.2, 0.25) is 15.6 Å². The first-order valence-corrected chi connectivity index (χ1v) is 21.7. The molecule has 2 heterocycles. The molecule has 0 saturated heterocycles. The fourth-order valence-electron chi connectivity index (χ4n) is 6.09. The van der Waals surface area contributed by atoms with Crippen molar-refractivity contribution in [3.63, 3.8) is 0 Å². The maximum Gasteiger partial charge on any atom is 0.429 e. The van der Waals surface area contributed by atoms with E-state index < -0.39 is 40.4 Å². The van der Waals surface area contributed by atoms with Gasteiger partial charge in [0.15, 0.2) is 5.82 Å². The first-order chi connectivity index (χ1) is 22.4. The van der Waals surface area contributed by atoms with E-state index in [0.29, 0.717) is 12.2 Å². The van der Waals surface area contributed by atoms with E-state index in [1.807, 2.05) is 18.4 Å². The van der Waals surface area contributed by atoms with Crippen LogP contribution in [0.5, 0.6) is 0 Å². The zero-order valence-electron chi connectivity index (χ0n) is 28.0. The molecular formula is C34H39F3N4O4S2Si. The van der Waals surface area contributed by atoms with Gasteiger partial charge >= 0.3 is 6.18 Å². The Balaban J connectivity index is 1.78. The van der Waals surface area contributed by atoms with E-state index in [4.69, 9.17) is 9.47 Å². The van der Waals surface area contributed by atoms with Crippen LogP contribution in [0.3, 0.4) is 0 Å². The Morgan fingerprint density at radius 1 is 1.17 bits per heavy atom. The molecule has 0 aliphatic heterocycles. The number of rotatable bonds is 11. The van der Waals surface area contributed by atoms with Gasteiger partial charge in [-0.05, 0) is 68.5 Å². The van der Waals surface area contributed by atoms with Crippen molar-refractivity contribution in [3.8, 4) is 6.07 Å².